The second-order valence-corrected chi connectivity index (χ2v) is 17.7. The third kappa shape index (κ3) is 8.10. The Morgan fingerprint density at radius 2 is 0.855 bits per heavy atom. The van der Waals surface area contributed by atoms with Crippen LogP contribution < -0.4 is 0 Å². The second-order valence-electron chi connectivity index (χ2n) is 17.7. The van der Waals surface area contributed by atoms with Crippen molar-refractivity contribution in [1.82, 2.24) is 9.97 Å². The van der Waals surface area contributed by atoms with Crippen LogP contribution in [0.1, 0.15) is 51.3 Å². The number of benzene rings is 7. The first kappa shape index (κ1) is 40.1. The van der Waals surface area contributed by atoms with Gasteiger partial charge in [-0.15, -0.1) is 0 Å². The third-order valence-electron chi connectivity index (χ3n) is 12.1. The number of hydrogen-bond donors (Lipinski definition) is 1. The first-order valence-electron chi connectivity index (χ1n) is 21.4. The van der Waals surface area contributed by atoms with E-state index in [1.807, 2.05) is 36.5 Å². The van der Waals surface area contributed by atoms with E-state index in [2.05, 4.69) is 204 Å². The van der Waals surface area contributed by atoms with E-state index in [-0.39, 0.29) is 16.6 Å². The number of rotatable bonds is 9. The monoisotopic (exact) mass is 802 g/mol. The predicted octanol–water partition coefficient (Wildman–Crippen LogP) is 15.5. The van der Waals surface area contributed by atoms with Crippen LogP contribution in [-0.2, 0) is 10.8 Å². The maximum atomic E-state index is 11.9. The van der Waals surface area contributed by atoms with Crippen molar-refractivity contribution in [2.45, 2.75) is 45.4 Å². The van der Waals surface area contributed by atoms with Gasteiger partial charge in [0.2, 0.25) is 0 Å². The zero-order valence-electron chi connectivity index (χ0n) is 36.0. The first-order valence-corrected chi connectivity index (χ1v) is 21.4. The molecule has 0 amide bonds. The highest BCUT2D eigenvalue weighted by molar-refractivity contribution is 5.89. The third-order valence-corrected chi connectivity index (χ3v) is 12.1. The summed E-state index contributed by atoms with van der Waals surface area (Å²) in [6.07, 6.45) is 1.90. The molecule has 62 heavy (non-hydrogen) atoms. The SMILES string of the molecule is CC(C)(C)c1cccc(-c2cc(-c3ccccc3-c3ccccc3)cc(-c3cc(-c4ccc(C(C)(C)c5ccccc5)cc4)cc(-c4cc(-c5ccccc5)ccn4)c3)n2)c1O. The maximum absolute atomic E-state index is 11.9. The molecule has 0 aliphatic heterocycles. The molecule has 0 saturated carbocycles. The van der Waals surface area contributed by atoms with Gasteiger partial charge in [0.25, 0.3) is 0 Å². The summed E-state index contributed by atoms with van der Waals surface area (Å²) in [5, 5.41) is 11.9. The van der Waals surface area contributed by atoms with Crippen molar-refractivity contribution < 1.29 is 5.11 Å². The van der Waals surface area contributed by atoms with Gasteiger partial charge in [-0.2, -0.15) is 0 Å². The molecule has 0 atom stereocenters. The summed E-state index contributed by atoms with van der Waals surface area (Å²) >= 11 is 0. The van der Waals surface area contributed by atoms with Crippen molar-refractivity contribution >= 4 is 0 Å². The summed E-state index contributed by atoms with van der Waals surface area (Å²) in [6, 6.07) is 70.4. The lowest BCUT2D eigenvalue weighted by molar-refractivity contribution is 0.448. The Bertz CT molecular complexity index is 3000. The molecule has 0 fully saturated rings. The van der Waals surface area contributed by atoms with Crippen LogP contribution in [0.4, 0.5) is 0 Å². The fourth-order valence-corrected chi connectivity index (χ4v) is 8.52. The zero-order chi connectivity index (χ0) is 42.8. The molecule has 0 unspecified atom stereocenters. The molecule has 7 aromatic carbocycles. The van der Waals surface area contributed by atoms with Gasteiger partial charge >= 0.3 is 0 Å². The van der Waals surface area contributed by atoms with Crippen LogP contribution >= 0.6 is 0 Å². The van der Waals surface area contributed by atoms with Crippen molar-refractivity contribution in [3.8, 4) is 84.0 Å². The van der Waals surface area contributed by atoms with Gasteiger partial charge in [-0.3, -0.25) is 4.98 Å². The Balaban J connectivity index is 1.26. The molecule has 2 aromatic heterocycles. The lowest BCUT2D eigenvalue weighted by Gasteiger charge is -2.26. The Morgan fingerprint density at radius 3 is 1.52 bits per heavy atom. The first-order chi connectivity index (χ1) is 30.0. The largest absolute Gasteiger partial charge is 0.507 e. The molecule has 0 radical (unpaired) electrons. The molecule has 3 heteroatoms. The average molecular weight is 803 g/mol. The van der Waals surface area contributed by atoms with Crippen molar-refractivity contribution in [2.75, 3.05) is 0 Å². The Kier molecular flexibility index (Phi) is 10.7. The molecule has 9 aromatic rings. The minimum Gasteiger partial charge on any atom is -0.507 e. The molecule has 9 rings (SSSR count). The number of nitrogens with zero attached hydrogens (tertiary/aromatic N) is 2. The minimum absolute atomic E-state index is 0.165. The summed E-state index contributed by atoms with van der Waals surface area (Å²) in [5.41, 5.74) is 16.7. The van der Waals surface area contributed by atoms with Gasteiger partial charge < -0.3 is 5.11 Å². The van der Waals surface area contributed by atoms with Crippen LogP contribution in [0.3, 0.4) is 0 Å². The molecule has 0 spiro atoms. The highest BCUT2D eigenvalue weighted by atomic mass is 16.3. The number of phenolic OH excluding ortho intramolecular Hbond substituents is 1. The van der Waals surface area contributed by atoms with Gasteiger partial charge in [-0.05, 0) is 115 Å². The normalized spacial score (nSPS) is 11.7. The van der Waals surface area contributed by atoms with Crippen LogP contribution in [0, 0.1) is 0 Å². The lowest BCUT2D eigenvalue weighted by Crippen LogP contribution is -2.18. The Hall–Kier alpha value is -7.36. The number of phenols is 1. The van der Waals surface area contributed by atoms with Gasteiger partial charge in [0, 0.05) is 28.3 Å². The van der Waals surface area contributed by atoms with Gasteiger partial charge in [0.15, 0.2) is 0 Å². The Morgan fingerprint density at radius 1 is 0.355 bits per heavy atom. The lowest BCUT2D eigenvalue weighted by atomic mass is 9.78. The van der Waals surface area contributed by atoms with Crippen LogP contribution in [0.2, 0.25) is 0 Å². The molecule has 1 N–H and O–H groups in total. The van der Waals surface area contributed by atoms with E-state index < -0.39 is 0 Å². The number of para-hydroxylation sites is 1. The quantitative estimate of drug-likeness (QED) is 0.158. The van der Waals surface area contributed by atoms with Crippen molar-refractivity contribution in [3.63, 3.8) is 0 Å². The molecular formula is C59H50N2O. The van der Waals surface area contributed by atoms with Crippen molar-refractivity contribution in [3.05, 3.63) is 223 Å². The molecule has 2 heterocycles. The topological polar surface area (TPSA) is 46.0 Å². The number of hydrogen-bond acceptors (Lipinski definition) is 3. The van der Waals surface area contributed by atoms with E-state index in [0.717, 1.165) is 72.6 Å². The van der Waals surface area contributed by atoms with Gasteiger partial charge in [0.05, 0.1) is 17.1 Å². The Labute approximate surface area is 366 Å². The zero-order valence-corrected chi connectivity index (χ0v) is 36.0. The van der Waals surface area contributed by atoms with E-state index in [1.165, 1.54) is 11.1 Å². The average Bonchev–Trinajstić information content (AvgIpc) is 3.32. The number of aromatic nitrogens is 2. The van der Waals surface area contributed by atoms with Crippen LogP contribution in [0.15, 0.2) is 206 Å². The molecule has 0 aliphatic carbocycles. The van der Waals surface area contributed by atoms with Gasteiger partial charge in [0.1, 0.15) is 5.75 Å². The van der Waals surface area contributed by atoms with Crippen molar-refractivity contribution in [2.24, 2.45) is 0 Å². The second kappa shape index (κ2) is 16.6. The van der Waals surface area contributed by atoms with Crippen molar-refractivity contribution in [1.29, 1.82) is 0 Å². The highest BCUT2D eigenvalue weighted by Gasteiger charge is 2.24. The number of aromatic hydroxyl groups is 1. The van der Waals surface area contributed by atoms with Crippen LogP contribution in [-0.4, -0.2) is 15.1 Å². The highest BCUT2D eigenvalue weighted by Crippen LogP contribution is 2.43. The van der Waals surface area contributed by atoms with E-state index in [4.69, 9.17) is 9.97 Å². The van der Waals surface area contributed by atoms with E-state index in [0.29, 0.717) is 11.3 Å². The van der Waals surface area contributed by atoms with E-state index >= 15 is 0 Å². The van der Waals surface area contributed by atoms with Crippen LogP contribution in [0.25, 0.3) is 78.3 Å². The summed E-state index contributed by atoms with van der Waals surface area (Å²) in [5.74, 6) is 0.252. The maximum Gasteiger partial charge on any atom is 0.128 e. The number of pyridine rings is 2. The summed E-state index contributed by atoms with van der Waals surface area (Å²) in [4.78, 5) is 10.4. The summed E-state index contributed by atoms with van der Waals surface area (Å²) < 4.78 is 0. The molecule has 3 nitrogen and oxygen atoms in total. The smallest absolute Gasteiger partial charge is 0.128 e. The van der Waals surface area contributed by atoms with Gasteiger partial charge in [-0.1, -0.05) is 186 Å². The summed E-state index contributed by atoms with van der Waals surface area (Å²) in [7, 11) is 0. The molecule has 0 aliphatic rings. The fraction of sp³-hybridized carbons (Fsp3) is 0.119. The fourth-order valence-electron chi connectivity index (χ4n) is 8.52. The van der Waals surface area contributed by atoms with Crippen LogP contribution in [0.5, 0.6) is 5.75 Å². The molecule has 0 saturated heterocycles. The molecular weight excluding hydrogens is 753 g/mol. The van der Waals surface area contributed by atoms with E-state index in [1.54, 1.807) is 0 Å². The van der Waals surface area contributed by atoms with E-state index in [9.17, 15) is 5.11 Å². The molecule has 0 bridgehead atoms. The van der Waals surface area contributed by atoms with Gasteiger partial charge in [-0.25, -0.2) is 4.98 Å². The standard InChI is InChI=1S/C59H50N2O/c1-58(2,3)53-27-17-26-52(57(53)62)56-39-45(51-25-16-15-24-50(51)42-20-11-7-12-21-42)38-55(61-56)47-35-44(41-28-30-49(31-29-41)59(4,5)48-22-13-8-14-23-48)34-46(36-47)54-37-43(32-33-60-54)40-18-9-6-10-19-40/h6-39,62H,1-5H3. The minimum atomic E-state index is -0.267. The molecule has 302 valence electrons. The summed E-state index contributed by atoms with van der Waals surface area (Å²) in [6.45, 7) is 10.9. The predicted molar refractivity (Wildman–Crippen MR) is 259 cm³/mol.